The maximum Gasteiger partial charge on any atom is 0.451 e. The standard InChI is InChI=1S/C32H30N6O8P2S2/c1-3-43-47(41,45-29-17-5-23(6-18-29)31-21-37(35-33-31)25-9-13-27(39)14-10-25)49-50-48(42,44-4-2)46-30-19-7-24(8-20-30)32-22-38(36-34-32)26-11-15-28(40)16-12-26/h5-22,39-40H,3-4H2,1-2H3. The molecule has 50 heavy (non-hydrogen) atoms. The molecule has 0 saturated heterocycles. The normalized spacial score (nSPS) is 13.7. The predicted molar refractivity (Wildman–Crippen MR) is 192 cm³/mol. The second kappa shape index (κ2) is 15.5. The van der Waals surface area contributed by atoms with E-state index in [2.05, 4.69) is 20.6 Å². The number of aromatic hydroxyl groups is 2. The van der Waals surface area contributed by atoms with Gasteiger partial charge in [-0.15, -0.1) is 10.2 Å². The van der Waals surface area contributed by atoms with Gasteiger partial charge in [-0.3, -0.25) is 9.05 Å². The quantitative estimate of drug-likeness (QED) is 0.0753. The molecule has 2 aromatic heterocycles. The third-order valence-electron chi connectivity index (χ3n) is 6.74. The van der Waals surface area contributed by atoms with Gasteiger partial charge in [0.05, 0.1) is 57.8 Å². The second-order valence-electron chi connectivity index (χ2n) is 10.2. The van der Waals surface area contributed by atoms with Crippen molar-refractivity contribution in [2.24, 2.45) is 0 Å². The van der Waals surface area contributed by atoms with Crippen molar-refractivity contribution in [2.75, 3.05) is 13.2 Å². The Morgan fingerprint density at radius 1 is 0.580 bits per heavy atom. The van der Waals surface area contributed by atoms with E-state index < -0.39 is 13.6 Å². The Labute approximate surface area is 294 Å². The fourth-order valence-electron chi connectivity index (χ4n) is 4.41. The highest BCUT2D eigenvalue weighted by Crippen LogP contribution is 2.76. The lowest BCUT2D eigenvalue weighted by molar-refractivity contribution is 0.294. The third kappa shape index (κ3) is 8.77. The first kappa shape index (κ1) is 35.3. The molecule has 0 bridgehead atoms. The monoisotopic (exact) mass is 752 g/mol. The number of phenolic OH excluding ortho intramolecular Hbond substituents is 2. The summed E-state index contributed by atoms with van der Waals surface area (Å²) in [6, 6.07) is 26.5. The molecule has 0 radical (unpaired) electrons. The van der Waals surface area contributed by atoms with E-state index in [1.165, 1.54) is 0 Å². The maximum atomic E-state index is 13.7. The van der Waals surface area contributed by atoms with E-state index in [4.69, 9.17) is 18.1 Å². The van der Waals surface area contributed by atoms with Crippen molar-refractivity contribution in [3.8, 4) is 56.9 Å². The van der Waals surface area contributed by atoms with E-state index in [1.54, 1.807) is 133 Å². The van der Waals surface area contributed by atoms with Gasteiger partial charge in [-0.05, 0) is 111 Å². The lowest BCUT2D eigenvalue weighted by Crippen LogP contribution is -1.97. The average molecular weight is 753 g/mol. The van der Waals surface area contributed by atoms with Crippen molar-refractivity contribution in [3.05, 3.63) is 109 Å². The highest BCUT2D eigenvalue weighted by atomic mass is 33.5. The molecule has 2 N–H and O–H groups in total. The van der Waals surface area contributed by atoms with Crippen molar-refractivity contribution >= 4 is 34.4 Å². The van der Waals surface area contributed by atoms with Gasteiger partial charge in [-0.1, -0.05) is 10.4 Å². The van der Waals surface area contributed by atoms with Crippen LogP contribution in [0.4, 0.5) is 0 Å². The van der Waals surface area contributed by atoms with Crippen LogP contribution in [-0.2, 0) is 18.2 Å². The first-order valence-corrected chi connectivity index (χ1v) is 21.5. The summed E-state index contributed by atoms with van der Waals surface area (Å²) in [6.07, 6.45) is 3.48. The minimum atomic E-state index is -3.90. The summed E-state index contributed by atoms with van der Waals surface area (Å²) in [5, 5.41) is 35.8. The van der Waals surface area contributed by atoms with Gasteiger partial charge in [0, 0.05) is 11.1 Å². The van der Waals surface area contributed by atoms with Crippen molar-refractivity contribution in [3.63, 3.8) is 0 Å². The smallest absolute Gasteiger partial charge is 0.451 e. The zero-order valence-electron chi connectivity index (χ0n) is 26.5. The lowest BCUT2D eigenvalue weighted by Gasteiger charge is -2.21. The predicted octanol–water partition coefficient (Wildman–Crippen LogP) is 8.72. The van der Waals surface area contributed by atoms with E-state index in [9.17, 15) is 19.3 Å². The van der Waals surface area contributed by atoms with Crippen molar-refractivity contribution in [1.82, 2.24) is 30.0 Å². The first-order valence-electron chi connectivity index (χ1n) is 15.0. The van der Waals surface area contributed by atoms with Crippen molar-refractivity contribution in [1.29, 1.82) is 0 Å². The summed E-state index contributed by atoms with van der Waals surface area (Å²) in [4.78, 5) is 0. The van der Waals surface area contributed by atoms with Crippen LogP contribution in [0.2, 0.25) is 0 Å². The molecule has 0 aliphatic heterocycles. The Hall–Kier alpha value is -4.56. The van der Waals surface area contributed by atoms with E-state index in [1.807, 2.05) is 0 Å². The summed E-state index contributed by atoms with van der Waals surface area (Å²) < 4.78 is 53.3. The van der Waals surface area contributed by atoms with Crippen LogP contribution in [0, 0.1) is 0 Å². The van der Waals surface area contributed by atoms with Crippen LogP contribution in [0.3, 0.4) is 0 Å². The molecule has 6 aromatic rings. The molecule has 2 heterocycles. The molecule has 0 aliphatic carbocycles. The zero-order chi connectivity index (χ0) is 35.1. The Morgan fingerprint density at radius 3 is 1.28 bits per heavy atom. The fourth-order valence-corrected chi connectivity index (χ4v) is 15.5. The average Bonchev–Trinajstić information content (AvgIpc) is 3.81. The van der Waals surface area contributed by atoms with Gasteiger partial charge in [0.15, 0.2) is 0 Å². The molecule has 0 fully saturated rings. The molecule has 14 nitrogen and oxygen atoms in total. The second-order valence-corrected chi connectivity index (χ2v) is 19.5. The van der Waals surface area contributed by atoms with Crippen LogP contribution in [0.5, 0.6) is 23.0 Å². The summed E-state index contributed by atoms with van der Waals surface area (Å²) in [6.45, 7) is -4.32. The van der Waals surface area contributed by atoms with Gasteiger partial charge >= 0.3 is 13.6 Å². The molecule has 4 aromatic carbocycles. The summed E-state index contributed by atoms with van der Waals surface area (Å²) in [7, 11) is 1.30. The van der Waals surface area contributed by atoms with Gasteiger partial charge in [-0.25, -0.2) is 18.5 Å². The number of phenols is 2. The number of nitrogens with zero attached hydrogens (tertiary/aromatic N) is 6. The maximum absolute atomic E-state index is 13.7. The van der Waals surface area contributed by atoms with Gasteiger partial charge in [-0.2, -0.15) is 0 Å². The summed E-state index contributed by atoms with van der Waals surface area (Å²) in [5.41, 5.74) is 4.10. The van der Waals surface area contributed by atoms with Gasteiger partial charge in [0.25, 0.3) is 0 Å². The first-order chi connectivity index (χ1) is 24.1. The van der Waals surface area contributed by atoms with Crippen molar-refractivity contribution in [2.45, 2.75) is 13.8 Å². The van der Waals surface area contributed by atoms with Crippen LogP contribution in [0.25, 0.3) is 33.9 Å². The Bertz CT molecular complexity index is 1980. The molecule has 18 heteroatoms. The summed E-state index contributed by atoms with van der Waals surface area (Å²) >= 11 is 0. The molecule has 0 aliphatic rings. The number of benzene rings is 4. The molecule has 6 rings (SSSR count). The molecule has 0 spiro atoms. The minimum Gasteiger partial charge on any atom is -0.508 e. The minimum absolute atomic E-state index is 0.0713. The molecule has 0 saturated carbocycles. The topological polar surface area (TPSA) is 173 Å². The van der Waals surface area contributed by atoms with Gasteiger partial charge in [0.2, 0.25) is 0 Å². The molecule has 2 atom stereocenters. The number of rotatable bonds is 15. The zero-order valence-corrected chi connectivity index (χ0v) is 30.0. The van der Waals surface area contributed by atoms with E-state index in [0.29, 0.717) is 32.2 Å². The molecule has 0 amide bonds. The Morgan fingerprint density at radius 2 is 0.940 bits per heavy atom. The number of hydrogen-bond acceptors (Lipinski definition) is 14. The molecular formula is C32H30N6O8P2S2. The van der Waals surface area contributed by atoms with Crippen LogP contribution in [0.15, 0.2) is 109 Å². The third-order valence-corrected chi connectivity index (χ3v) is 17.3. The van der Waals surface area contributed by atoms with Crippen molar-refractivity contribution < 1.29 is 37.4 Å². The van der Waals surface area contributed by atoms with E-state index >= 15 is 0 Å². The molecular weight excluding hydrogens is 722 g/mol. The Balaban J connectivity index is 1.10. The lowest BCUT2D eigenvalue weighted by atomic mass is 10.2. The number of hydrogen-bond donors (Lipinski definition) is 2. The highest BCUT2D eigenvalue weighted by molar-refractivity contribution is 9.12. The molecule has 2 unspecified atom stereocenters. The largest absolute Gasteiger partial charge is 0.508 e. The SMILES string of the molecule is CCOP(=O)(Oc1ccc(-c2cn(-c3ccc(O)cc3)nn2)cc1)SSP(=O)(OCC)Oc1ccc(-c2cn(-c3ccc(O)cc3)nn2)cc1. The van der Waals surface area contributed by atoms with Gasteiger partial charge < -0.3 is 19.3 Å². The van der Waals surface area contributed by atoms with Crippen LogP contribution < -0.4 is 9.05 Å². The highest BCUT2D eigenvalue weighted by Gasteiger charge is 2.37. The van der Waals surface area contributed by atoms with E-state index in [0.717, 1.165) is 22.5 Å². The molecule has 258 valence electrons. The fraction of sp³-hybridized carbons (Fsp3) is 0.125. The Kier molecular flexibility index (Phi) is 11.0. The summed E-state index contributed by atoms with van der Waals surface area (Å²) in [5.74, 6) is 0.817. The van der Waals surface area contributed by atoms with Crippen LogP contribution in [0.1, 0.15) is 13.8 Å². The van der Waals surface area contributed by atoms with E-state index in [-0.39, 0.29) is 36.2 Å². The van der Waals surface area contributed by atoms with Gasteiger partial charge in [0.1, 0.15) is 34.4 Å². The number of aromatic nitrogens is 6. The van der Waals surface area contributed by atoms with Crippen LogP contribution in [-0.4, -0.2) is 53.4 Å². The van der Waals surface area contributed by atoms with Crippen LogP contribution >= 0.6 is 34.4 Å².